The van der Waals surface area contributed by atoms with Gasteiger partial charge in [0.2, 0.25) is 0 Å². The zero-order chi connectivity index (χ0) is 13.0. The minimum Gasteiger partial charge on any atom is -0.372 e. The van der Waals surface area contributed by atoms with Crippen molar-refractivity contribution in [3.63, 3.8) is 0 Å². The lowest BCUT2D eigenvalue weighted by Gasteiger charge is -2.10. The molecule has 0 saturated heterocycles. The molecule has 0 aliphatic rings. The zero-order valence-electron chi connectivity index (χ0n) is 9.27. The molecule has 1 aromatic rings. The lowest BCUT2D eigenvalue weighted by Crippen LogP contribution is -2.26. The average Bonchev–Trinajstić information content (AvgIpc) is 2.27. The van der Waals surface area contributed by atoms with Gasteiger partial charge >= 0.3 is 0 Å². The van der Waals surface area contributed by atoms with E-state index in [1.165, 1.54) is 25.3 Å². The van der Waals surface area contributed by atoms with Gasteiger partial charge in [0.25, 0.3) is 11.6 Å². The van der Waals surface area contributed by atoms with Crippen molar-refractivity contribution in [1.82, 2.24) is 0 Å². The molecule has 0 bridgehead atoms. The number of hydrogen-bond donors (Lipinski definition) is 1. The Morgan fingerprint density at radius 2 is 2.24 bits per heavy atom. The van der Waals surface area contributed by atoms with Crippen LogP contribution in [0.2, 0.25) is 0 Å². The average molecular weight is 303 g/mol. The molecule has 6 nitrogen and oxygen atoms in total. The number of anilines is 1. The SMILES string of the molecule is COC(C)C(=O)Nc1ccc([N+](=O)[O-])c(Br)c1. The standard InChI is InChI=1S/C10H11BrN2O4/c1-6(17-2)10(14)12-7-3-4-9(13(15)16)8(11)5-7/h3-6H,1-2H3,(H,12,14). The Kier molecular flexibility index (Phi) is 4.59. The zero-order valence-corrected chi connectivity index (χ0v) is 10.9. The number of methoxy groups -OCH3 is 1. The Morgan fingerprint density at radius 1 is 1.59 bits per heavy atom. The van der Waals surface area contributed by atoms with Crippen molar-refractivity contribution in [3.05, 3.63) is 32.8 Å². The molecular formula is C10H11BrN2O4. The number of nitro benzene ring substituents is 1. The summed E-state index contributed by atoms with van der Waals surface area (Å²) >= 11 is 3.07. The number of hydrogen-bond acceptors (Lipinski definition) is 4. The van der Waals surface area contributed by atoms with Gasteiger partial charge in [-0.3, -0.25) is 14.9 Å². The summed E-state index contributed by atoms with van der Waals surface area (Å²) in [6, 6.07) is 4.25. The van der Waals surface area contributed by atoms with Crippen LogP contribution in [-0.4, -0.2) is 24.0 Å². The Balaban J connectivity index is 2.84. The Hall–Kier alpha value is -1.47. The van der Waals surface area contributed by atoms with Crippen LogP contribution < -0.4 is 5.32 Å². The molecule has 17 heavy (non-hydrogen) atoms. The minimum absolute atomic E-state index is 0.0530. The maximum atomic E-state index is 11.5. The van der Waals surface area contributed by atoms with Crippen LogP contribution in [0.1, 0.15) is 6.92 Å². The first-order valence-corrected chi connectivity index (χ1v) is 5.52. The summed E-state index contributed by atoms with van der Waals surface area (Å²) in [5.41, 5.74) is 0.416. The third kappa shape index (κ3) is 3.50. The Bertz CT molecular complexity index is 450. The van der Waals surface area contributed by atoms with Crippen molar-refractivity contribution >= 4 is 33.2 Å². The number of halogens is 1. The summed E-state index contributed by atoms with van der Waals surface area (Å²) in [7, 11) is 1.43. The van der Waals surface area contributed by atoms with Gasteiger partial charge in [0, 0.05) is 18.9 Å². The maximum Gasteiger partial charge on any atom is 0.283 e. The van der Waals surface area contributed by atoms with E-state index in [4.69, 9.17) is 4.74 Å². The fourth-order valence-corrected chi connectivity index (χ4v) is 1.61. The fourth-order valence-electron chi connectivity index (χ4n) is 1.08. The van der Waals surface area contributed by atoms with Gasteiger partial charge in [-0.05, 0) is 35.0 Å². The number of carbonyl (C=O) groups is 1. The van der Waals surface area contributed by atoms with Gasteiger partial charge in [-0.1, -0.05) is 0 Å². The molecule has 1 unspecified atom stereocenters. The quantitative estimate of drug-likeness (QED) is 0.683. The number of nitro groups is 1. The molecule has 1 atom stereocenters. The molecule has 0 aromatic heterocycles. The lowest BCUT2D eigenvalue weighted by atomic mass is 10.2. The molecule has 0 fully saturated rings. The van der Waals surface area contributed by atoms with Gasteiger partial charge in [-0.2, -0.15) is 0 Å². The van der Waals surface area contributed by atoms with E-state index in [-0.39, 0.29) is 11.6 Å². The van der Waals surface area contributed by atoms with Crippen molar-refractivity contribution in [2.45, 2.75) is 13.0 Å². The van der Waals surface area contributed by atoms with Gasteiger partial charge in [0.05, 0.1) is 9.40 Å². The number of carbonyl (C=O) groups excluding carboxylic acids is 1. The number of amides is 1. The molecule has 0 aliphatic heterocycles. The molecule has 1 rings (SSSR count). The van der Waals surface area contributed by atoms with Crippen LogP contribution in [0.15, 0.2) is 22.7 Å². The predicted molar refractivity (Wildman–Crippen MR) is 65.9 cm³/mol. The maximum absolute atomic E-state index is 11.5. The molecule has 0 spiro atoms. The van der Waals surface area contributed by atoms with E-state index in [0.717, 1.165) is 0 Å². The van der Waals surface area contributed by atoms with E-state index >= 15 is 0 Å². The molecule has 0 aliphatic carbocycles. The molecule has 7 heteroatoms. The topological polar surface area (TPSA) is 81.5 Å². The van der Waals surface area contributed by atoms with Crippen LogP contribution >= 0.6 is 15.9 Å². The van der Waals surface area contributed by atoms with Crippen LogP contribution in [0.25, 0.3) is 0 Å². The summed E-state index contributed by atoms with van der Waals surface area (Å²) in [5.74, 6) is -0.312. The van der Waals surface area contributed by atoms with Crippen LogP contribution in [-0.2, 0) is 9.53 Å². The van der Waals surface area contributed by atoms with E-state index in [1.54, 1.807) is 6.92 Å². The number of ether oxygens (including phenoxy) is 1. The van der Waals surface area contributed by atoms with Crippen molar-refractivity contribution < 1.29 is 14.5 Å². The fraction of sp³-hybridized carbons (Fsp3) is 0.300. The van der Waals surface area contributed by atoms with E-state index in [9.17, 15) is 14.9 Å². The van der Waals surface area contributed by atoms with E-state index in [1.807, 2.05) is 0 Å². The highest BCUT2D eigenvalue weighted by Gasteiger charge is 2.15. The summed E-state index contributed by atoms with van der Waals surface area (Å²) in [6.07, 6.45) is -0.580. The molecule has 0 saturated carbocycles. The van der Waals surface area contributed by atoms with E-state index < -0.39 is 11.0 Å². The lowest BCUT2D eigenvalue weighted by molar-refractivity contribution is -0.385. The van der Waals surface area contributed by atoms with Crippen LogP contribution in [0.3, 0.4) is 0 Å². The first-order chi connectivity index (χ1) is 7.95. The molecule has 0 radical (unpaired) electrons. The van der Waals surface area contributed by atoms with Crippen LogP contribution in [0, 0.1) is 10.1 Å². The third-order valence-corrected chi connectivity index (χ3v) is 2.77. The molecule has 1 N–H and O–H groups in total. The van der Waals surface area contributed by atoms with Gasteiger partial charge in [-0.15, -0.1) is 0 Å². The molecule has 1 aromatic carbocycles. The Morgan fingerprint density at radius 3 is 2.71 bits per heavy atom. The molecule has 92 valence electrons. The molecule has 0 heterocycles. The highest BCUT2D eigenvalue weighted by molar-refractivity contribution is 9.10. The van der Waals surface area contributed by atoms with E-state index in [0.29, 0.717) is 10.2 Å². The predicted octanol–water partition coefficient (Wildman–Crippen LogP) is 2.33. The second kappa shape index (κ2) is 5.74. The van der Waals surface area contributed by atoms with Crippen molar-refractivity contribution in [3.8, 4) is 0 Å². The number of nitrogens with one attached hydrogen (secondary N) is 1. The van der Waals surface area contributed by atoms with E-state index in [2.05, 4.69) is 21.2 Å². The molecule has 1 amide bonds. The van der Waals surface area contributed by atoms with Crippen molar-refractivity contribution in [2.24, 2.45) is 0 Å². The van der Waals surface area contributed by atoms with Gasteiger partial charge in [-0.25, -0.2) is 0 Å². The molecular weight excluding hydrogens is 292 g/mol. The second-order valence-corrected chi connectivity index (χ2v) is 4.14. The highest BCUT2D eigenvalue weighted by Crippen LogP contribution is 2.27. The summed E-state index contributed by atoms with van der Waals surface area (Å²) in [4.78, 5) is 21.6. The monoisotopic (exact) mass is 302 g/mol. The summed E-state index contributed by atoms with van der Waals surface area (Å²) in [6.45, 7) is 1.61. The summed E-state index contributed by atoms with van der Waals surface area (Å²) < 4.78 is 5.15. The normalized spacial score (nSPS) is 11.9. The Labute approximate surface area is 106 Å². The van der Waals surface area contributed by atoms with Gasteiger partial charge in [0.15, 0.2) is 0 Å². The van der Waals surface area contributed by atoms with Crippen LogP contribution in [0.5, 0.6) is 0 Å². The van der Waals surface area contributed by atoms with Crippen molar-refractivity contribution in [1.29, 1.82) is 0 Å². The minimum atomic E-state index is -0.580. The largest absolute Gasteiger partial charge is 0.372 e. The second-order valence-electron chi connectivity index (χ2n) is 3.29. The summed E-state index contributed by atoms with van der Waals surface area (Å²) in [5, 5.41) is 13.2. The number of rotatable bonds is 4. The smallest absolute Gasteiger partial charge is 0.283 e. The number of benzene rings is 1. The first kappa shape index (κ1) is 13.6. The van der Waals surface area contributed by atoms with Crippen LogP contribution in [0.4, 0.5) is 11.4 Å². The van der Waals surface area contributed by atoms with Gasteiger partial charge < -0.3 is 10.1 Å². The van der Waals surface area contributed by atoms with Crippen molar-refractivity contribution in [2.75, 3.05) is 12.4 Å². The third-order valence-electron chi connectivity index (χ3n) is 2.13. The number of nitrogens with zero attached hydrogens (tertiary/aromatic N) is 1. The first-order valence-electron chi connectivity index (χ1n) is 4.73. The van der Waals surface area contributed by atoms with Gasteiger partial charge in [0.1, 0.15) is 6.10 Å². The highest BCUT2D eigenvalue weighted by atomic mass is 79.9.